The van der Waals surface area contributed by atoms with Crippen LogP contribution >= 0.6 is 23.6 Å². The van der Waals surface area contributed by atoms with Crippen LogP contribution in [0.1, 0.15) is 29.3 Å². The van der Waals surface area contributed by atoms with Crippen LogP contribution in [-0.4, -0.2) is 43.4 Å². The molecule has 5 nitrogen and oxygen atoms in total. The summed E-state index contributed by atoms with van der Waals surface area (Å²) in [4.78, 5) is 4.03. The first-order valence-electron chi connectivity index (χ1n) is 9.04. The smallest absolute Gasteiger partial charge is 0.242 e. The maximum atomic E-state index is 12.4. The summed E-state index contributed by atoms with van der Waals surface area (Å²) in [6.07, 6.45) is 3.50. The summed E-state index contributed by atoms with van der Waals surface area (Å²) in [7, 11) is -0.400. The Morgan fingerprint density at radius 3 is 2.78 bits per heavy atom. The van der Waals surface area contributed by atoms with Gasteiger partial charge >= 0.3 is 0 Å². The number of benzene rings is 1. The molecule has 8 heteroatoms. The molecule has 2 aromatic rings. The second-order valence-electron chi connectivity index (χ2n) is 7.27. The third-order valence-electron chi connectivity index (χ3n) is 5.21. The molecule has 0 bridgehead atoms. The fourth-order valence-corrected chi connectivity index (χ4v) is 5.82. The fraction of sp³-hybridized carbons (Fsp3) is 0.421. The van der Waals surface area contributed by atoms with Gasteiger partial charge in [0, 0.05) is 31.2 Å². The van der Waals surface area contributed by atoms with E-state index < -0.39 is 10.0 Å². The van der Waals surface area contributed by atoms with Gasteiger partial charge in [-0.25, -0.2) is 12.7 Å². The van der Waals surface area contributed by atoms with Gasteiger partial charge in [-0.15, -0.1) is 11.3 Å². The van der Waals surface area contributed by atoms with Crippen molar-refractivity contribution in [3.63, 3.8) is 0 Å². The summed E-state index contributed by atoms with van der Waals surface area (Å²) in [6.45, 7) is 0.899. The van der Waals surface area contributed by atoms with E-state index in [2.05, 4.69) is 21.7 Å². The zero-order valence-corrected chi connectivity index (χ0v) is 17.8. The first kappa shape index (κ1) is 18.9. The maximum absolute atomic E-state index is 12.4. The molecular weight excluding hydrogens is 398 g/mol. The Labute approximate surface area is 170 Å². The molecule has 2 aliphatic rings. The number of nitrogens with zero attached hydrogens (tertiary/aromatic N) is 2. The van der Waals surface area contributed by atoms with Crippen molar-refractivity contribution in [1.82, 2.24) is 9.21 Å². The normalized spacial score (nSPS) is 19.8. The highest BCUT2D eigenvalue weighted by molar-refractivity contribution is 7.89. The molecule has 0 radical (unpaired) electrons. The van der Waals surface area contributed by atoms with Crippen molar-refractivity contribution in [2.75, 3.05) is 26.0 Å². The molecule has 0 saturated heterocycles. The van der Waals surface area contributed by atoms with Gasteiger partial charge in [0.25, 0.3) is 0 Å². The van der Waals surface area contributed by atoms with Crippen LogP contribution < -0.4 is 5.32 Å². The van der Waals surface area contributed by atoms with Gasteiger partial charge in [0.2, 0.25) is 10.0 Å². The molecule has 4 rings (SSSR count). The molecule has 27 heavy (non-hydrogen) atoms. The highest BCUT2D eigenvalue weighted by Crippen LogP contribution is 2.48. The molecule has 1 aromatic carbocycles. The van der Waals surface area contributed by atoms with Crippen molar-refractivity contribution >= 4 is 44.4 Å². The van der Waals surface area contributed by atoms with Crippen LogP contribution in [0.25, 0.3) is 0 Å². The molecule has 0 unspecified atom stereocenters. The van der Waals surface area contributed by atoms with Crippen molar-refractivity contribution < 1.29 is 8.42 Å². The monoisotopic (exact) mass is 421 g/mol. The third kappa shape index (κ3) is 3.63. The molecule has 0 spiro atoms. The number of thiocarbonyl (C=S) groups is 1. The Hall–Kier alpha value is -1.48. The summed E-state index contributed by atoms with van der Waals surface area (Å²) in [5.41, 5.74) is 2.12. The van der Waals surface area contributed by atoms with Gasteiger partial charge in [-0.2, -0.15) is 0 Å². The molecule has 1 atom stereocenters. The molecule has 1 saturated carbocycles. The minimum absolute atomic E-state index is 0.262. The summed E-state index contributed by atoms with van der Waals surface area (Å²) in [5.74, 6) is 0.666. The highest BCUT2D eigenvalue weighted by Gasteiger charge is 2.40. The van der Waals surface area contributed by atoms with Crippen LogP contribution in [0.15, 0.2) is 40.6 Å². The quantitative estimate of drug-likeness (QED) is 0.763. The van der Waals surface area contributed by atoms with Crippen molar-refractivity contribution in [3.8, 4) is 0 Å². The molecule has 1 aliphatic carbocycles. The molecule has 144 valence electrons. The van der Waals surface area contributed by atoms with E-state index in [9.17, 15) is 8.42 Å². The lowest BCUT2D eigenvalue weighted by molar-refractivity contribution is 0.276. The summed E-state index contributed by atoms with van der Waals surface area (Å²) >= 11 is 7.57. The predicted molar refractivity (Wildman–Crippen MR) is 114 cm³/mol. The van der Waals surface area contributed by atoms with Crippen molar-refractivity contribution in [2.24, 2.45) is 5.92 Å². The van der Waals surface area contributed by atoms with Crippen molar-refractivity contribution in [1.29, 1.82) is 0 Å². The predicted octanol–water partition coefficient (Wildman–Crippen LogP) is 3.70. The lowest BCUT2D eigenvalue weighted by Crippen LogP contribution is -2.42. The largest absolute Gasteiger partial charge is 0.341 e. The number of hydrogen-bond donors (Lipinski definition) is 1. The van der Waals surface area contributed by atoms with Crippen LogP contribution in [0.2, 0.25) is 0 Å². The van der Waals surface area contributed by atoms with Gasteiger partial charge in [0.05, 0.1) is 10.9 Å². The van der Waals surface area contributed by atoms with Gasteiger partial charge in [-0.1, -0.05) is 6.07 Å². The topological polar surface area (TPSA) is 52.7 Å². The Morgan fingerprint density at radius 2 is 2.07 bits per heavy atom. The zero-order chi connectivity index (χ0) is 19.2. The molecule has 1 aliphatic heterocycles. The van der Waals surface area contributed by atoms with E-state index in [1.54, 1.807) is 18.2 Å². The van der Waals surface area contributed by atoms with Crippen LogP contribution in [-0.2, 0) is 16.4 Å². The number of nitrogens with one attached hydrogen (secondary N) is 1. The Balaban J connectivity index is 1.56. The van der Waals surface area contributed by atoms with E-state index in [0.29, 0.717) is 22.8 Å². The van der Waals surface area contributed by atoms with Crippen LogP contribution in [0.3, 0.4) is 0 Å². The molecule has 0 amide bonds. The second-order valence-corrected chi connectivity index (χ2v) is 10.8. The van der Waals surface area contributed by atoms with Crippen molar-refractivity contribution in [2.45, 2.75) is 30.2 Å². The molecule has 1 aromatic heterocycles. The SMILES string of the molecule is CN(C)S(=O)(=O)c1cccc(NC(=S)N2CCc3sccc3[C@@H]2C2CC2)c1. The van der Waals surface area contributed by atoms with E-state index in [1.807, 2.05) is 17.4 Å². The van der Waals surface area contributed by atoms with E-state index >= 15 is 0 Å². The van der Waals surface area contributed by atoms with Crippen LogP contribution in [0, 0.1) is 5.92 Å². The van der Waals surface area contributed by atoms with Gasteiger partial charge in [-0.05, 0) is 72.6 Å². The van der Waals surface area contributed by atoms with Gasteiger partial charge in [0.1, 0.15) is 0 Å². The number of anilines is 1. The molecular formula is C19H23N3O2S3. The van der Waals surface area contributed by atoms with Gasteiger partial charge in [-0.3, -0.25) is 0 Å². The second kappa shape index (κ2) is 7.16. The van der Waals surface area contributed by atoms with Crippen LogP contribution in [0.4, 0.5) is 5.69 Å². The molecule has 1 N–H and O–H groups in total. The minimum Gasteiger partial charge on any atom is -0.341 e. The third-order valence-corrected chi connectivity index (χ3v) is 8.35. The minimum atomic E-state index is -3.47. The summed E-state index contributed by atoms with van der Waals surface area (Å²) in [6, 6.07) is 9.43. The number of thiophene rings is 1. The van der Waals surface area contributed by atoms with Crippen LogP contribution in [0.5, 0.6) is 0 Å². The molecule has 1 fully saturated rings. The van der Waals surface area contributed by atoms with E-state index in [4.69, 9.17) is 12.2 Å². The lowest BCUT2D eigenvalue weighted by Gasteiger charge is -2.38. The average Bonchev–Trinajstić information content (AvgIpc) is 3.37. The Kier molecular flexibility index (Phi) is 5.00. The Morgan fingerprint density at radius 1 is 1.30 bits per heavy atom. The Bertz CT molecular complexity index is 964. The number of rotatable bonds is 4. The summed E-state index contributed by atoms with van der Waals surface area (Å²) in [5, 5.41) is 6.12. The van der Waals surface area contributed by atoms with E-state index in [0.717, 1.165) is 13.0 Å². The average molecular weight is 422 g/mol. The first-order valence-corrected chi connectivity index (χ1v) is 11.8. The summed E-state index contributed by atoms with van der Waals surface area (Å²) < 4.78 is 26.0. The number of hydrogen-bond acceptors (Lipinski definition) is 4. The molecule has 2 heterocycles. The van der Waals surface area contributed by atoms with Gasteiger partial charge < -0.3 is 10.2 Å². The first-order chi connectivity index (χ1) is 12.9. The fourth-order valence-electron chi connectivity index (χ4n) is 3.63. The number of sulfonamides is 1. The maximum Gasteiger partial charge on any atom is 0.242 e. The lowest BCUT2D eigenvalue weighted by atomic mass is 9.96. The number of fused-ring (bicyclic) bond motifs is 1. The highest BCUT2D eigenvalue weighted by atomic mass is 32.2. The van der Waals surface area contributed by atoms with E-state index in [-0.39, 0.29) is 4.90 Å². The van der Waals surface area contributed by atoms with Crippen molar-refractivity contribution in [3.05, 3.63) is 46.2 Å². The van der Waals surface area contributed by atoms with E-state index in [1.165, 1.54) is 41.7 Å². The van der Waals surface area contributed by atoms with Gasteiger partial charge in [0.15, 0.2) is 5.11 Å². The zero-order valence-electron chi connectivity index (χ0n) is 15.4. The standard InChI is InChI=1S/C19H23N3O2S3/c1-21(2)27(23,24)15-5-3-4-14(12-15)20-19(25)22-10-8-17-16(9-11-26-17)18(22)13-6-7-13/h3-5,9,11-13,18H,6-8,10H2,1-2H3,(H,20,25)/t18-/m0/s1.